The molecule has 0 aliphatic carbocycles. The van der Waals surface area contributed by atoms with Crippen LogP contribution in [0.3, 0.4) is 0 Å². The fourth-order valence-electron chi connectivity index (χ4n) is 2.69. The van der Waals surface area contributed by atoms with Crippen molar-refractivity contribution in [2.75, 3.05) is 6.54 Å². The molecule has 1 fully saturated rings. The van der Waals surface area contributed by atoms with Crippen molar-refractivity contribution < 1.29 is 9.59 Å². The predicted octanol–water partition coefficient (Wildman–Crippen LogP) is 1.53. The van der Waals surface area contributed by atoms with Crippen molar-refractivity contribution in [2.45, 2.75) is 53.0 Å². The number of primary amides is 1. The molecule has 98 valence electrons. The highest BCUT2D eigenvalue weighted by Crippen LogP contribution is 2.32. The van der Waals surface area contributed by atoms with Crippen LogP contribution in [0.2, 0.25) is 0 Å². The zero-order chi connectivity index (χ0) is 13.2. The van der Waals surface area contributed by atoms with E-state index in [1.54, 1.807) is 4.90 Å². The summed E-state index contributed by atoms with van der Waals surface area (Å²) >= 11 is 0. The van der Waals surface area contributed by atoms with Crippen molar-refractivity contribution in [3.8, 4) is 0 Å². The number of carbonyl (C=O) groups excluding carboxylic acids is 2. The SMILES string of the molecule is CC[C@@H](C(N)=O)N1C[C@@H](CC(C)(C)C)CC1=O. The molecule has 0 aromatic heterocycles. The molecule has 0 radical (unpaired) electrons. The normalized spacial score (nSPS) is 22.9. The van der Waals surface area contributed by atoms with Crippen molar-refractivity contribution >= 4 is 11.8 Å². The number of rotatable bonds is 4. The summed E-state index contributed by atoms with van der Waals surface area (Å²) in [6, 6.07) is -0.424. The molecule has 0 aromatic rings. The third kappa shape index (κ3) is 3.72. The molecular formula is C13H24N2O2. The molecular weight excluding hydrogens is 216 g/mol. The van der Waals surface area contributed by atoms with Crippen LogP contribution in [0.4, 0.5) is 0 Å². The molecule has 1 aliphatic rings. The van der Waals surface area contributed by atoms with Crippen LogP contribution in [0.25, 0.3) is 0 Å². The van der Waals surface area contributed by atoms with Gasteiger partial charge in [-0.15, -0.1) is 0 Å². The minimum Gasteiger partial charge on any atom is -0.368 e. The largest absolute Gasteiger partial charge is 0.368 e. The second-order valence-electron chi connectivity index (χ2n) is 6.21. The minimum absolute atomic E-state index is 0.0740. The molecule has 0 aromatic carbocycles. The highest BCUT2D eigenvalue weighted by molar-refractivity contribution is 5.87. The van der Waals surface area contributed by atoms with Crippen molar-refractivity contribution in [1.82, 2.24) is 4.90 Å². The lowest BCUT2D eigenvalue weighted by Gasteiger charge is -2.26. The van der Waals surface area contributed by atoms with E-state index in [0.717, 1.165) is 6.42 Å². The molecule has 1 saturated heterocycles. The van der Waals surface area contributed by atoms with Gasteiger partial charge in [-0.25, -0.2) is 0 Å². The van der Waals surface area contributed by atoms with Gasteiger partial charge < -0.3 is 10.6 Å². The first-order chi connectivity index (χ1) is 7.74. The Morgan fingerprint density at radius 1 is 1.53 bits per heavy atom. The van der Waals surface area contributed by atoms with Gasteiger partial charge in [-0.05, 0) is 24.2 Å². The molecule has 1 rings (SSSR count). The van der Waals surface area contributed by atoms with Crippen LogP contribution in [0, 0.1) is 11.3 Å². The lowest BCUT2D eigenvalue weighted by atomic mass is 9.84. The standard InChI is InChI=1S/C13H24N2O2/c1-5-10(12(14)17)15-8-9(6-11(15)16)7-13(2,3)4/h9-10H,5-8H2,1-4H3,(H2,14,17)/t9-,10+/m1/s1. The van der Waals surface area contributed by atoms with Crippen molar-refractivity contribution in [3.05, 3.63) is 0 Å². The Morgan fingerprint density at radius 2 is 2.12 bits per heavy atom. The first-order valence-electron chi connectivity index (χ1n) is 6.33. The van der Waals surface area contributed by atoms with Gasteiger partial charge in [-0.2, -0.15) is 0 Å². The second kappa shape index (κ2) is 5.07. The molecule has 4 nitrogen and oxygen atoms in total. The van der Waals surface area contributed by atoms with Crippen LogP contribution in [0.1, 0.15) is 47.0 Å². The van der Waals surface area contributed by atoms with Gasteiger partial charge in [0.25, 0.3) is 0 Å². The van der Waals surface area contributed by atoms with Crippen LogP contribution in [-0.2, 0) is 9.59 Å². The van der Waals surface area contributed by atoms with Crippen molar-refractivity contribution in [3.63, 3.8) is 0 Å². The summed E-state index contributed by atoms with van der Waals surface area (Å²) in [6.07, 6.45) is 2.16. The second-order valence-corrected chi connectivity index (χ2v) is 6.21. The number of amides is 2. The molecule has 2 atom stereocenters. The van der Waals surface area contributed by atoms with Crippen LogP contribution < -0.4 is 5.73 Å². The van der Waals surface area contributed by atoms with Gasteiger partial charge in [0.15, 0.2) is 0 Å². The maximum atomic E-state index is 11.9. The maximum absolute atomic E-state index is 11.9. The average Bonchev–Trinajstić information content (AvgIpc) is 2.44. The smallest absolute Gasteiger partial charge is 0.240 e. The van der Waals surface area contributed by atoms with E-state index in [4.69, 9.17) is 5.73 Å². The molecule has 2 amide bonds. The molecule has 1 heterocycles. The number of nitrogens with zero attached hydrogens (tertiary/aromatic N) is 1. The molecule has 0 unspecified atom stereocenters. The number of carbonyl (C=O) groups is 2. The van der Waals surface area contributed by atoms with Gasteiger partial charge in [-0.3, -0.25) is 9.59 Å². The third-order valence-corrected chi connectivity index (χ3v) is 3.23. The van der Waals surface area contributed by atoms with Gasteiger partial charge in [0.2, 0.25) is 11.8 Å². The van der Waals surface area contributed by atoms with Gasteiger partial charge in [-0.1, -0.05) is 27.7 Å². The molecule has 0 spiro atoms. The average molecular weight is 240 g/mol. The van der Waals surface area contributed by atoms with E-state index in [9.17, 15) is 9.59 Å². The maximum Gasteiger partial charge on any atom is 0.240 e. The Labute approximate surface area is 104 Å². The fourth-order valence-corrected chi connectivity index (χ4v) is 2.69. The lowest BCUT2D eigenvalue weighted by Crippen LogP contribution is -2.45. The topological polar surface area (TPSA) is 63.4 Å². The summed E-state index contributed by atoms with van der Waals surface area (Å²) in [6.45, 7) is 9.08. The number of hydrogen-bond donors (Lipinski definition) is 1. The summed E-state index contributed by atoms with van der Waals surface area (Å²) in [7, 11) is 0. The Bertz CT molecular complexity index is 307. The summed E-state index contributed by atoms with van der Waals surface area (Å²) in [5.41, 5.74) is 5.55. The van der Waals surface area contributed by atoms with Gasteiger partial charge in [0, 0.05) is 13.0 Å². The van der Waals surface area contributed by atoms with E-state index in [1.807, 2.05) is 6.92 Å². The summed E-state index contributed by atoms with van der Waals surface area (Å²) < 4.78 is 0. The molecule has 4 heteroatoms. The van der Waals surface area contributed by atoms with Gasteiger partial charge >= 0.3 is 0 Å². The number of likely N-dealkylation sites (tertiary alicyclic amines) is 1. The van der Waals surface area contributed by atoms with Crippen LogP contribution in [-0.4, -0.2) is 29.3 Å². The Hall–Kier alpha value is -1.06. The molecule has 2 N–H and O–H groups in total. The van der Waals surface area contributed by atoms with Gasteiger partial charge in [0.05, 0.1) is 0 Å². The number of nitrogens with two attached hydrogens (primary N) is 1. The Balaban J connectivity index is 2.67. The molecule has 0 saturated carbocycles. The highest BCUT2D eigenvalue weighted by Gasteiger charge is 2.37. The minimum atomic E-state index is -0.424. The molecule has 0 bridgehead atoms. The van der Waals surface area contributed by atoms with Crippen molar-refractivity contribution in [1.29, 1.82) is 0 Å². The van der Waals surface area contributed by atoms with Crippen molar-refractivity contribution in [2.24, 2.45) is 17.1 Å². The van der Waals surface area contributed by atoms with E-state index in [-0.39, 0.29) is 11.3 Å². The fraction of sp³-hybridized carbons (Fsp3) is 0.846. The lowest BCUT2D eigenvalue weighted by molar-refractivity contribution is -0.136. The molecule has 1 aliphatic heterocycles. The Kier molecular flexibility index (Phi) is 4.17. The zero-order valence-electron chi connectivity index (χ0n) is 11.3. The summed E-state index contributed by atoms with van der Waals surface area (Å²) in [5, 5.41) is 0. The van der Waals surface area contributed by atoms with E-state index < -0.39 is 11.9 Å². The zero-order valence-corrected chi connectivity index (χ0v) is 11.3. The predicted molar refractivity (Wildman–Crippen MR) is 67.2 cm³/mol. The van der Waals surface area contributed by atoms with Gasteiger partial charge in [0.1, 0.15) is 6.04 Å². The Morgan fingerprint density at radius 3 is 2.53 bits per heavy atom. The summed E-state index contributed by atoms with van der Waals surface area (Å²) in [4.78, 5) is 24.8. The van der Waals surface area contributed by atoms with E-state index >= 15 is 0 Å². The quantitative estimate of drug-likeness (QED) is 0.810. The van der Waals surface area contributed by atoms with Crippen LogP contribution in [0.15, 0.2) is 0 Å². The van der Waals surface area contributed by atoms with E-state index in [0.29, 0.717) is 25.3 Å². The first-order valence-corrected chi connectivity index (χ1v) is 6.33. The summed E-state index contributed by atoms with van der Waals surface area (Å²) in [5.74, 6) is 0.0399. The first kappa shape index (κ1) is 14.0. The monoisotopic (exact) mass is 240 g/mol. The van der Waals surface area contributed by atoms with E-state index in [2.05, 4.69) is 20.8 Å². The third-order valence-electron chi connectivity index (χ3n) is 3.23. The number of hydrogen-bond acceptors (Lipinski definition) is 2. The highest BCUT2D eigenvalue weighted by atomic mass is 16.2. The van der Waals surface area contributed by atoms with E-state index in [1.165, 1.54) is 0 Å². The van der Waals surface area contributed by atoms with Crippen LogP contribution >= 0.6 is 0 Å². The molecule has 17 heavy (non-hydrogen) atoms. The van der Waals surface area contributed by atoms with Crippen LogP contribution in [0.5, 0.6) is 0 Å².